The average molecular weight is 364 g/mol. The molecule has 0 atom stereocenters. The van der Waals surface area contributed by atoms with Crippen LogP contribution >= 0.6 is 11.6 Å². The number of aryl methyl sites for hydroxylation is 2. The van der Waals surface area contributed by atoms with E-state index in [9.17, 15) is 0 Å². The van der Waals surface area contributed by atoms with E-state index >= 15 is 0 Å². The molecule has 0 fully saturated rings. The lowest BCUT2D eigenvalue weighted by molar-refractivity contribution is 0.902. The summed E-state index contributed by atoms with van der Waals surface area (Å²) < 4.78 is 1.72. The number of fused-ring (bicyclic) bond motifs is 1. The van der Waals surface area contributed by atoms with Gasteiger partial charge in [-0.05, 0) is 42.7 Å². The molecule has 0 aliphatic carbocycles. The Labute approximate surface area is 156 Å². The van der Waals surface area contributed by atoms with Crippen molar-refractivity contribution in [2.24, 2.45) is 0 Å². The van der Waals surface area contributed by atoms with Gasteiger partial charge in [-0.15, -0.1) is 5.10 Å². The Kier molecular flexibility index (Phi) is 4.31. The minimum atomic E-state index is 0.499. The Balaban J connectivity index is 1.66. The SMILES string of the molecule is Cc1ccc(Cl)cc1Nc1nc2nc(C)c(Cc3ccccc3)cn2n1. The molecule has 4 aromatic rings. The maximum Gasteiger partial charge on any atom is 0.254 e. The summed E-state index contributed by atoms with van der Waals surface area (Å²) in [5.74, 6) is 1.07. The summed E-state index contributed by atoms with van der Waals surface area (Å²) in [6.07, 6.45) is 2.80. The fraction of sp³-hybridized carbons (Fsp3) is 0.150. The topological polar surface area (TPSA) is 55.1 Å². The van der Waals surface area contributed by atoms with Crippen LogP contribution in [-0.2, 0) is 6.42 Å². The third kappa shape index (κ3) is 3.39. The lowest BCUT2D eigenvalue weighted by atomic mass is 10.1. The minimum Gasteiger partial charge on any atom is -0.323 e. The van der Waals surface area contributed by atoms with Gasteiger partial charge < -0.3 is 5.32 Å². The van der Waals surface area contributed by atoms with Gasteiger partial charge in [-0.25, -0.2) is 9.50 Å². The molecule has 0 amide bonds. The second kappa shape index (κ2) is 6.77. The molecule has 6 heteroatoms. The Morgan fingerprint density at radius 1 is 1.04 bits per heavy atom. The standard InChI is InChI=1S/C20H18ClN5/c1-13-8-9-17(21)11-18(13)23-19-24-20-22-14(2)16(12-26(20)25-19)10-15-6-4-3-5-7-15/h3-9,11-12H,10H2,1-2H3,(H,23,25). The van der Waals surface area contributed by atoms with Crippen LogP contribution in [-0.4, -0.2) is 19.6 Å². The zero-order valence-corrected chi connectivity index (χ0v) is 15.3. The molecule has 26 heavy (non-hydrogen) atoms. The quantitative estimate of drug-likeness (QED) is 0.569. The highest BCUT2D eigenvalue weighted by Gasteiger charge is 2.10. The van der Waals surface area contributed by atoms with Crippen LogP contribution in [0.3, 0.4) is 0 Å². The fourth-order valence-electron chi connectivity index (χ4n) is 2.83. The lowest BCUT2D eigenvalue weighted by Crippen LogP contribution is -2.00. The molecule has 0 saturated carbocycles. The highest BCUT2D eigenvalue weighted by Crippen LogP contribution is 2.23. The Bertz CT molecular complexity index is 1070. The van der Waals surface area contributed by atoms with E-state index in [4.69, 9.17) is 11.6 Å². The van der Waals surface area contributed by atoms with Gasteiger partial charge in [-0.3, -0.25) is 0 Å². The predicted molar refractivity (Wildman–Crippen MR) is 104 cm³/mol. The first-order chi connectivity index (χ1) is 12.6. The van der Waals surface area contributed by atoms with Crippen molar-refractivity contribution in [3.8, 4) is 0 Å². The number of hydrogen-bond donors (Lipinski definition) is 1. The van der Waals surface area contributed by atoms with Crippen LogP contribution in [0.5, 0.6) is 0 Å². The predicted octanol–water partition coefficient (Wildman–Crippen LogP) is 4.73. The van der Waals surface area contributed by atoms with E-state index in [2.05, 4.69) is 32.5 Å². The van der Waals surface area contributed by atoms with E-state index in [-0.39, 0.29) is 0 Å². The van der Waals surface area contributed by atoms with Crippen LogP contribution in [0.4, 0.5) is 11.6 Å². The number of nitrogens with one attached hydrogen (secondary N) is 1. The van der Waals surface area contributed by atoms with Gasteiger partial charge in [0.25, 0.3) is 5.78 Å². The normalized spacial score (nSPS) is 11.0. The minimum absolute atomic E-state index is 0.499. The monoisotopic (exact) mass is 363 g/mol. The van der Waals surface area contributed by atoms with Crippen molar-refractivity contribution in [2.45, 2.75) is 20.3 Å². The van der Waals surface area contributed by atoms with Gasteiger partial charge in [0.05, 0.1) is 0 Å². The summed E-state index contributed by atoms with van der Waals surface area (Å²) in [5.41, 5.74) is 5.28. The molecule has 0 radical (unpaired) electrons. The van der Waals surface area contributed by atoms with E-state index in [0.717, 1.165) is 28.9 Å². The van der Waals surface area contributed by atoms with E-state index in [0.29, 0.717) is 16.7 Å². The Morgan fingerprint density at radius 3 is 2.65 bits per heavy atom. The highest BCUT2D eigenvalue weighted by molar-refractivity contribution is 6.30. The molecule has 1 N–H and O–H groups in total. The second-order valence-corrected chi connectivity index (χ2v) is 6.71. The largest absolute Gasteiger partial charge is 0.323 e. The molecular formula is C20H18ClN5. The molecule has 2 aromatic carbocycles. The van der Waals surface area contributed by atoms with Crippen molar-refractivity contribution in [3.63, 3.8) is 0 Å². The van der Waals surface area contributed by atoms with Crippen LogP contribution < -0.4 is 5.32 Å². The molecule has 5 nitrogen and oxygen atoms in total. The van der Waals surface area contributed by atoms with Crippen LogP contribution in [0.2, 0.25) is 5.02 Å². The molecule has 0 aliphatic rings. The number of nitrogens with zero attached hydrogens (tertiary/aromatic N) is 4. The van der Waals surface area contributed by atoms with E-state index in [1.54, 1.807) is 4.52 Å². The smallest absolute Gasteiger partial charge is 0.254 e. The molecule has 2 aromatic heterocycles. The van der Waals surface area contributed by atoms with Crippen molar-refractivity contribution in [3.05, 3.63) is 82.1 Å². The maximum atomic E-state index is 6.08. The number of benzene rings is 2. The second-order valence-electron chi connectivity index (χ2n) is 6.28. The summed E-state index contributed by atoms with van der Waals surface area (Å²) in [7, 11) is 0. The summed E-state index contributed by atoms with van der Waals surface area (Å²) >= 11 is 6.08. The number of rotatable bonds is 4. The molecule has 4 rings (SSSR count). The summed E-state index contributed by atoms with van der Waals surface area (Å²) in [6.45, 7) is 4.01. The number of aromatic nitrogens is 4. The van der Waals surface area contributed by atoms with Crippen LogP contribution in [0.15, 0.2) is 54.7 Å². The highest BCUT2D eigenvalue weighted by atomic mass is 35.5. The third-order valence-corrected chi connectivity index (χ3v) is 4.54. The first-order valence-corrected chi connectivity index (χ1v) is 8.76. The number of anilines is 2. The van der Waals surface area contributed by atoms with Crippen molar-refractivity contribution < 1.29 is 0 Å². The molecule has 2 heterocycles. The molecule has 0 spiro atoms. The van der Waals surface area contributed by atoms with Gasteiger partial charge in [-0.1, -0.05) is 48.0 Å². The zero-order valence-electron chi connectivity index (χ0n) is 14.6. The van der Waals surface area contributed by atoms with Crippen LogP contribution in [0.25, 0.3) is 5.78 Å². The number of halogens is 1. The molecule has 0 unspecified atom stereocenters. The number of hydrogen-bond acceptors (Lipinski definition) is 4. The van der Waals surface area contributed by atoms with Crippen molar-refractivity contribution in [2.75, 3.05) is 5.32 Å². The van der Waals surface area contributed by atoms with E-state index in [1.165, 1.54) is 5.56 Å². The maximum absolute atomic E-state index is 6.08. The van der Waals surface area contributed by atoms with Crippen molar-refractivity contribution >= 4 is 29.0 Å². The van der Waals surface area contributed by atoms with E-state index < -0.39 is 0 Å². The van der Waals surface area contributed by atoms with E-state index in [1.807, 2.05) is 56.4 Å². The molecule has 0 bridgehead atoms. The van der Waals surface area contributed by atoms with Gasteiger partial charge in [0, 0.05) is 29.0 Å². The van der Waals surface area contributed by atoms with Crippen LogP contribution in [0.1, 0.15) is 22.4 Å². The zero-order chi connectivity index (χ0) is 18.1. The molecule has 0 aliphatic heterocycles. The third-order valence-electron chi connectivity index (χ3n) is 4.31. The fourth-order valence-corrected chi connectivity index (χ4v) is 3.00. The summed E-state index contributed by atoms with van der Waals surface area (Å²) in [6, 6.07) is 16.0. The van der Waals surface area contributed by atoms with Gasteiger partial charge >= 0.3 is 0 Å². The van der Waals surface area contributed by atoms with Crippen LogP contribution in [0, 0.1) is 13.8 Å². The first kappa shape index (κ1) is 16.5. The van der Waals surface area contributed by atoms with Gasteiger partial charge in [0.15, 0.2) is 0 Å². The van der Waals surface area contributed by atoms with Crippen molar-refractivity contribution in [1.82, 2.24) is 19.6 Å². The lowest BCUT2D eigenvalue weighted by Gasteiger charge is -2.06. The summed E-state index contributed by atoms with van der Waals surface area (Å²) in [5, 5.41) is 8.40. The van der Waals surface area contributed by atoms with Gasteiger partial charge in [0.1, 0.15) is 0 Å². The van der Waals surface area contributed by atoms with Crippen molar-refractivity contribution in [1.29, 1.82) is 0 Å². The van der Waals surface area contributed by atoms with Gasteiger partial charge in [0.2, 0.25) is 5.95 Å². The summed E-state index contributed by atoms with van der Waals surface area (Å²) in [4.78, 5) is 9.07. The average Bonchev–Trinajstić information content (AvgIpc) is 3.00. The Morgan fingerprint density at radius 2 is 1.85 bits per heavy atom. The molecule has 130 valence electrons. The Hall–Kier alpha value is -2.92. The molecule has 0 saturated heterocycles. The van der Waals surface area contributed by atoms with Gasteiger partial charge in [-0.2, -0.15) is 4.98 Å². The first-order valence-electron chi connectivity index (χ1n) is 8.38. The molecular weight excluding hydrogens is 346 g/mol.